The van der Waals surface area contributed by atoms with E-state index in [9.17, 15) is 4.79 Å². The molecule has 1 unspecified atom stereocenters. The van der Waals surface area contributed by atoms with Gasteiger partial charge in [0.1, 0.15) is 0 Å². The maximum Gasteiger partial charge on any atom is 0.250 e. The van der Waals surface area contributed by atoms with Gasteiger partial charge in [0.2, 0.25) is 0 Å². The predicted molar refractivity (Wildman–Crippen MR) is 74.5 cm³/mol. The molecule has 0 aromatic heterocycles. The van der Waals surface area contributed by atoms with Crippen molar-refractivity contribution in [3.05, 3.63) is 23.8 Å². The van der Waals surface area contributed by atoms with Gasteiger partial charge in [-0.05, 0) is 36.5 Å². The Bertz CT molecular complexity index is 456. The molecule has 1 amide bonds. The summed E-state index contributed by atoms with van der Waals surface area (Å²) in [5.74, 6) is 0.939. The highest BCUT2D eigenvalue weighted by Gasteiger charge is 2.27. The van der Waals surface area contributed by atoms with E-state index in [1.807, 2.05) is 12.1 Å². The fourth-order valence-electron chi connectivity index (χ4n) is 2.58. The van der Waals surface area contributed by atoms with Gasteiger partial charge in [0.05, 0.1) is 5.56 Å². The fraction of sp³-hybridized carbons (Fsp3) is 0.500. The van der Waals surface area contributed by atoms with Gasteiger partial charge in [0.15, 0.2) is 0 Å². The second-order valence-electron chi connectivity index (χ2n) is 5.38. The van der Waals surface area contributed by atoms with Crippen LogP contribution in [0.15, 0.2) is 18.2 Å². The molecule has 1 fully saturated rings. The van der Waals surface area contributed by atoms with Crippen LogP contribution in [-0.2, 0) is 0 Å². The summed E-state index contributed by atoms with van der Waals surface area (Å²) >= 11 is 0. The molecule has 0 radical (unpaired) electrons. The van der Waals surface area contributed by atoms with Crippen molar-refractivity contribution in [1.82, 2.24) is 0 Å². The van der Waals surface area contributed by atoms with Crippen LogP contribution in [0.2, 0.25) is 0 Å². The van der Waals surface area contributed by atoms with Gasteiger partial charge >= 0.3 is 0 Å². The highest BCUT2D eigenvalue weighted by molar-refractivity contribution is 5.99. The summed E-state index contributed by atoms with van der Waals surface area (Å²) in [4.78, 5) is 13.7. The summed E-state index contributed by atoms with van der Waals surface area (Å²) < 4.78 is 0. The van der Waals surface area contributed by atoms with E-state index < -0.39 is 5.91 Å². The molecule has 0 spiro atoms. The average Bonchev–Trinajstić information content (AvgIpc) is 2.78. The molecule has 18 heavy (non-hydrogen) atoms. The molecule has 2 rings (SSSR count). The molecule has 0 aliphatic carbocycles. The topological polar surface area (TPSA) is 72.3 Å². The minimum atomic E-state index is -0.412. The number of carbonyl (C=O) groups excluding carboxylic acids is 1. The third-order valence-corrected chi connectivity index (χ3v) is 3.79. The van der Waals surface area contributed by atoms with Crippen molar-refractivity contribution in [2.24, 2.45) is 17.6 Å². The maximum atomic E-state index is 11.5. The first kappa shape index (κ1) is 12.7. The van der Waals surface area contributed by atoms with Crippen molar-refractivity contribution < 1.29 is 4.79 Å². The Balaban J connectivity index is 2.27. The molecule has 4 N–H and O–H groups in total. The lowest BCUT2D eigenvalue weighted by atomic mass is 9.95. The highest BCUT2D eigenvalue weighted by Crippen LogP contribution is 2.31. The van der Waals surface area contributed by atoms with E-state index in [1.54, 1.807) is 6.07 Å². The zero-order valence-corrected chi connectivity index (χ0v) is 11.0. The zero-order valence-electron chi connectivity index (χ0n) is 11.0. The molecule has 1 saturated heterocycles. The molecule has 1 aromatic carbocycles. The van der Waals surface area contributed by atoms with Crippen molar-refractivity contribution in [1.29, 1.82) is 0 Å². The minimum Gasteiger partial charge on any atom is -0.399 e. The predicted octanol–water partition coefficient (Wildman–Crippen LogP) is 1.85. The molecular formula is C14H21N3O. The zero-order chi connectivity index (χ0) is 13.3. The van der Waals surface area contributed by atoms with E-state index in [-0.39, 0.29) is 0 Å². The quantitative estimate of drug-likeness (QED) is 0.801. The number of nitrogens with zero attached hydrogens (tertiary/aromatic N) is 1. The van der Waals surface area contributed by atoms with E-state index in [4.69, 9.17) is 11.5 Å². The lowest BCUT2D eigenvalue weighted by Crippen LogP contribution is -2.25. The van der Waals surface area contributed by atoms with Crippen LogP contribution in [-0.4, -0.2) is 19.0 Å². The summed E-state index contributed by atoms with van der Waals surface area (Å²) in [7, 11) is 0. The second kappa shape index (κ2) is 4.88. The van der Waals surface area contributed by atoms with Crippen LogP contribution < -0.4 is 16.4 Å². The molecule has 1 aromatic rings. The minimum absolute atomic E-state index is 0.412. The number of carbonyl (C=O) groups is 1. The molecular weight excluding hydrogens is 226 g/mol. The number of nitrogens with two attached hydrogens (primary N) is 2. The first-order chi connectivity index (χ1) is 8.49. The van der Waals surface area contributed by atoms with Crippen molar-refractivity contribution >= 4 is 17.3 Å². The van der Waals surface area contributed by atoms with Crippen molar-refractivity contribution in [3.63, 3.8) is 0 Å². The van der Waals surface area contributed by atoms with E-state index in [2.05, 4.69) is 18.7 Å². The smallest absolute Gasteiger partial charge is 0.250 e. The third-order valence-electron chi connectivity index (χ3n) is 3.79. The summed E-state index contributed by atoms with van der Waals surface area (Å²) in [6.45, 7) is 6.45. The average molecular weight is 247 g/mol. The Hall–Kier alpha value is -1.71. The SMILES string of the molecule is CC(C)C1CCN(c2ccc(N)cc2C(N)=O)C1. The van der Waals surface area contributed by atoms with E-state index in [0.717, 1.165) is 18.8 Å². The summed E-state index contributed by atoms with van der Waals surface area (Å²) in [5.41, 5.74) is 13.2. The lowest BCUT2D eigenvalue weighted by molar-refractivity contribution is 0.100. The van der Waals surface area contributed by atoms with Crippen LogP contribution in [0.25, 0.3) is 0 Å². The molecule has 0 bridgehead atoms. The molecule has 1 atom stereocenters. The van der Waals surface area contributed by atoms with Gasteiger partial charge in [0.25, 0.3) is 5.91 Å². The van der Waals surface area contributed by atoms with E-state index in [1.165, 1.54) is 6.42 Å². The van der Waals surface area contributed by atoms with E-state index in [0.29, 0.717) is 23.1 Å². The molecule has 4 nitrogen and oxygen atoms in total. The molecule has 98 valence electrons. The van der Waals surface area contributed by atoms with Crippen molar-refractivity contribution in [2.45, 2.75) is 20.3 Å². The van der Waals surface area contributed by atoms with Gasteiger partial charge in [-0.1, -0.05) is 13.8 Å². The number of hydrogen-bond acceptors (Lipinski definition) is 3. The van der Waals surface area contributed by atoms with Crippen LogP contribution in [0, 0.1) is 11.8 Å². The Kier molecular flexibility index (Phi) is 3.45. The van der Waals surface area contributed by atoms with Gasteiger partial charge in [-0.15, -0.1) is 0 Å². The molecule has 4 heteroatoms. The standard InChI is InChI=1S/C14H21N3O/c1-9(2)10-5-6-17(8-10)13-4-3-11(15)7-12(13)14(16)18/h3-4,7,9-10H,5-6,8,15H2,1-2H3,(H2,16,18). The first-order valence-electron chi connectivity index (χ1n) is 6.43. The van der Waals surface area contributed by atoms with Gasteiger partial charge in [-0.25, -0.2) is 0 Å². The number of anilines is 2. The maximum absolute atomic E-state index is 11.5. The second-order valence-corrected chi connectivity index (χ2v) is 5.38. The Morgan fingerprint density at radius 3 is 2.72 bits per heavy atom. The monoisotopic (exact) mass is 247 g/mol. The molecule has 1 heterocycles. The molecule has 1 aliphatic rings. The Morgan fingerprint density at radius 2 is 2.17 bits per heavy atom. The van der Waals surface area contributed by atoms with Crippen LogP contribution in [0.3, 0.4) is 0 Å². The summed E-state index contributed by atoms with van der Waals surface area (Å²) in [6.07, 6.45) is 1.17. The highest BCUT2D eigenvalue weighted by atomic mass is 16.1. The van der Waals surface area contributed by atoms with Crippen LogP contribution in [0.5, 0.6) is 0 Å². The normalized spacial score (nSPS) is 19.5. The lowest BCUT2D eigenvalue weighted by Gasteiger charge is -2.22. The van der Waals surface area contributed by atoms with Crippen LogP contribution in [0.4, 0.5) is 11.4 Å². The number of benzene rings is 1. The molecule has 1 aliphatic heterocycles. The first-order valence-corrected chi connectivity index (χ1v) is 6.43. The largest absolute Gasteiger partial charge is 0.399 e. The Morgan fingerprint density at radius 1 is 1.44 bits per heavy atom. The van der Waals surface area contributed by atoms with E-state index >= 15 is 0 Å². The van der Waals surface area contributed by atoms with Crippen molar-refractivity contribution in [3.8, 4) is 0 Å². The molecule has 0 saturated carbocycles. The summed E-state index contributed by atoms with van der Waals surface area (Å²) in [6, 6.07) is 5.39. The van der Waals surface area contributed by atoms with Crippen molar-refractivity contribution in [2.75, 3.05) is 23.7 Å². The number of rotatable bonds is 3. The van der Waals surface area contributed by atoms with Crippen LogP contribution >= 0.6 is 0 Å². The third kappa shape index (κ3) is 2.42. The van der Waals surface area contributed by atoms with Gasteiger partial charge in [-0.3, -0.25) is 4.79 Å². The Labute approximate surface area is 108 Å². The van der Waals surface area contributed by atoms with Gasteiger partial charge < -0.3 is 16.4 Å². The number of hydrogen-bond donors (Lipinski definition) is 2. The van der Waals surface area contributed by atoms with Gasteiger partial charge in [-0.2, -0.15) is 0 Å². The fourth-order valence-corrected chi connectivity index (χ4v) is 2.58. The number of primary amides is 1. The number of nitrogen functional groups attached to an aromatic ring is 1. The van der Waals surface area contributed by atoms with Crippen LogP contribution in [0.1, 0.15) is 30.6 Å². The van der Waals surface area contributed by atoms with Gasteiger partial charge in [0, 0.05) is 24.5 Å². The summed E-state index contributed by atoms with van der Waals surface area (Å²) in [5, 5.41) is 0. The number of amides is 1.